The first-order chi connectivity index (χ1) is 13.8. The van der Waals surface area contributed by atoms with Gasteiger partial charge >= 0.3 is 0 Å². The maximum absolute atomic E-state index is 12.5. The normalized spacial score (nSPS) is 10.8. The molecule has 0 aliphatic heterocycles. The second kappa shape index (κ2) is 9.88. The van der Waals surface area contributed by atoms with Gasteiger partial charge in [0.25, 0.3) is 11.6 Å². The van der Waals surface area contributed by atoms with E-state index in [1.807, 2.05) is 13.0 Å². The van der Waals surface area contributed by atoms with Crippen LogP contribution >= 0.6 is 22.6 Å². The van der Waals surface area contributed by atoms with Crippen LogP contribution in [0, 0.1) is 31.9 Å². The van der Waals surface area contributed by atoms with Crippen LogP contribution in [0.1, 0.15) is 18.1 Å². The van der Waals surface area contributed by atoms with Gasteiger partial charge in [-0.15, -0.1) is 0 Å². The fourth-order valence-corrected chi connectivity index (χ4v) is 3.30. The van der Waals surface area contributed by atoms with E-state index in [0.29, 0.717) is 34.9 Å². The summed E-state index contributed by atoms with van der Waals surface area (Å²) in [6.45, 7) is 3.97. The van der Waals surface area contributed by atoms with Gasteiger partial charge in [-0.25, -0.2) is 0 Å². The zero-order valence-electron chi connectivity index (χ0n) is 16.0. The lowest BCUT2D eigenvalue weighted by Crippen LogP contribution is -2.14. The van der Waals surface area contributed by atoms with Crippen molar-refractivity contribution in [3.63, 3.8) is 0 Å². The van der Waals surface area contributed by atoms with E-state index in [0.717, 1.165) is 3.57 Å². The lowest BCUT2D eigenvalue weighted by molar-refractivity contribution is -0.384. The molecule has 0 saturated carbocycles. The number of nitro groups is 1. The Morgan fingerprint density at radius 2 is 2.10 bits per heavy atom. The number of non-ortho nitro benzene ring substituents is 1. The summed E-state index contributed by atoms with van der Waals surface area (Å²) in [6.07, 6.45) is 1.44. The van der Waals surface area contributed by atoms with Crippen molar-refractivity contribution in [2.45, 2.75) is 13.8 Å². The fraction of sp³-hybridized carbons (Fsp3) is 0.200. The van der Waals surface area contributed by atoms with Crippen molar-refractivity contribution >= 4 is 45.9 Å². The van der Waals surface area contributed by atoms with Gasteiger partial charge in [-0.05, 0) is 71.8 Å². The molecule has 0 spiro atoms. The molecule has 0 bridgehead atoms. The van der Waals surface area contributed by atoms with E-state index in [4.69, 9.17) is 9.47 Å². The molecule has 0 aromatic heterocycles. The standard InChI is InChI=1S/C20H18IN3O5/c1-4-29-19-16(21)9-13(10-18(19)28-3)8-14(11-22)20(25)23-17-6-5-15(24(26)27)7-12(17)2/h5-10H,4H2,1-3H3,(H,23,25)/b14-8+. The number of hydrogen-bond donors (Lipinski definition) is 1. The fourth-order valence-electron chi connectivity index (χ4n) is 2.51. The number of halogens is 1. The number of rotatable bonds is 7. The summed E-state index contributed by atoms with van der Waals surface area (Å²) in [7, 11) is 1.51. The van der Waals surface area contributed by atoms with E-state index in [1.54, 1.807) is 19.1 Å². The topological polar surface area (TPSA) is 114 Å². The van der Waals surface area contributed by atoms with Crippen LogP contribution < -0.4 is 14.8 Å². The first kappa shape index (κ1) is 22.2. The number of nitro benzene ring substituents is 1. The number of aryl methyl sites for hydroxylation is 1. The zero-order chi connectivity index (χ0) is 21.6. The van der Waals surface area contributed by atoms with Crippen molar-refractivity contribution in [3.05, 3.63) is 60.7 Å². The first-order valence-corrected chi connectivity index (χ1v) is 9.57. The summed E-state index contributed by atoms with van der Waals surface area (Å²) in [5.41, 5.74) is 1.31. The van der Waals surface area contributed by atoms with Crippen LogP contribution in [0.3, 0.4) is 0 Å². The zero-order valence-corrected chi connectivity index (χ0v) is 18.1. The Hall–Kier alpha value is -3.13. The molecule has 0 radical (unpaired) electrons. The van der Waals surface area contributed by atoms with Gasteiger partial charge in [-0.1, -0.05) is 0 Å². The second-order valence-electron chi connectivity index (χ2n) is 5.85. The molecule has 0 aliphatic carbocycles. The molecule has 9 heteroatoms. The third kappa shape index (κ3) is 5.45. The highest BCUT2D eigenvalue weighted by Crippen LogP contribution is 2.34. The van der Waals surface area contributed by atoms with Gasteiger partial charge in [0.1, 0.15) is 11.6 Å². The average molecular weight is 507 g/mol. The maximum atomic E-state index is 12.5. The van der Waals surface area contributed by atoms with Crippen LogP contribution in [-0.2, 0) is 4.79 Å². The van der Waals surface area contributed by atoms with Crippen LogP contribution in [0.4, 0.5) is 11.4 Å². The number of benzene rings is 2. The number of nitriles is 1. The smallest absolute Gasteiger partial charge is 0.269 e. The number of carbonyl (C=O) groups is 1. The van der Waals surface area contributed by atoms with Crippen molar-refractivity contribution in [3.8, 4) is 17.6 Å². The summed E-state index contributed by atoms with van der Waals surface area (Å²) >= 11 is 2.09. The summed E-state index contributed by atoms with van der Waals surface area (Å²) in [6, 6.07) is 9.41. The summed E-state index contributed by atoms with van der Waals surface area (Å²) in [5.74, 6) is 0.471. The second-order valence-corrected chi connectivity index (χ2v) is 7.01. The lowest BCUT2D eigenvalue weighted by Gasteiger charge is -2.12. The predicted molar refractivity (Wildman–Crippen MR) is 117 cm³/mol. The van der Waals surface area contributed by atoms with Crippen LogP contribution in [0.15, 0.2) is 35.9 Å². The van der Waals surface area contributed by atoms with Gasteiger partial charge in [-0.3, -0.25) is 14.9 Å². The highest BCUT2D eigenvalue weighted by molar-refractivity contribution is 14.1. The Bertz CT molecular complexity index is 1030. The first-order valence-electron chi connectivity index (χ1n) is 8.49. The number of amides is 1. The Kier molecular flexibility index (Phi) is 7.55. The van der Waals surface area contributed by atoms with Gasteiger partial charge in [0.15, 0.2) is 11.5 Å². The van der Waals surface area contributed by atoms with Crippen molar-refractivity contribution < 1.29 is 19.2 Å². The van der Waals surface area contributed by atoms with Gasteiger partial charge in [0.05, 0.1) is 22.2 Å². The van der Waals surface area contributed by atoms with Gasteiger partial charge in [-0.2, -0.15) is 5.26 Å². The summed E-state index contributed by atoms with van der Waals surface area (Å²) in [4.78, 5) is 22.9. The Morgan fingerprint density at radius 1 is 1.38 bits per heavy atom. The van der Waals surface area contributed by atoms with Gasteiger partial charge < -0.3 is 14.8 Å². The highest BCUT2D eigenvalue weighted by atomic mass is 127. The molecule has 0 unspecified atom stereocenters. The third-order valence-corrected chi connectivity index (χ3v) is 4.69. The maximum Gasteiger partial charge on any atom is 0.269 e. The van der Waals surface area contributed by atoms with Crippen LogP contribution in [0.25, 0.3) is 6.08 Å². The van der Waals surface area contributed by atoms with E-state index >= 15 is 0 Å². The molecule has 0 saturated heterocycles. The molecule has 0 heterocycles. The molecule has 1 N–H and O–H groups in total. The van der Waals surface area contributed by atoms with E-state index in [-0.39, 0.29) is 11.3 Å². The molecule has 2 aromatic rings. The number of nitrogens with zero attached hydrogens (tertiary/aromatic N) is 2. The van der Waals surface area contributed by atoms with Crippen LogP contribution in [0.2, 0.25) is 0 Å². The molecule has 2 aromatic carbocycles. The Morgan fingerprint density at radius 3 is 2.66 bits per heavy atom. The Labute approximate surface area is 181 Å². The Balaban J connectivity index is 2.32. The summed E-state index contributed by atoms with van der Waals surface area (Å²) < 4.78 is 11.7. The number of ether oxygens (including phenoxy) is 2. The number of carbonyl (C=O) groups excluding carboxylic acids is 1. The number of hydrogen-bond acceptors (Lipinski definition) is 6. The average Bonchev–Trinajstić information content (AvgIpc) is 2.69. The number of anilines is 1. The molecule has 0 aliphatic rings. The number of methoxy groups -OCH3 is 1. The van der Waals surface area contributed by atoms with Gasteiger partial charge in [0, 0.05) is 17.8 Å². The summed E-state index contributed by atoms with van der Waals surface area (Å²) in [5, 5.41) is 22.9. The minimum atomic E-state index is -0.618. The molecule has 8 nitrogen and oxygen atoms in total. The van der Waals surface area contributed by atoms with Crippen molar-refractivity contribution in [1.29, 1.82) is 5.26 Å². The largest absolute Gasteiger partial charge is 0.493 e. The van der Waals surface area contributed by atoms with E-state index in [2.05, 4.69) is 27.9 Å². The minimum Gasteiger partial charge on any atom is -0.493 e. The van der Waals surface area contributed by atoms with E-state index in [9.17, 15) is 20.2 Å². The molecular formula is C20H18IN3O5. The molecular weight excluding hydrogens is 489 g/mol. The molecule has 0 fully saturated rings. The van der Waals surface area contributed by atoms with Crippen LogP contribution in [-0.4, -0.2) is 24.5 Å². The minimum absolute atomic E-state index is 0.0763. The van der Waals surface area contributed by atoms with Crippen molar-refractivity contribution in [2.75, 3.05) is 19.0 Å². The quantitative estimate of drug-likeness (QED) is 0.195. The molecule has 2 rings (SSSR count). The molecule has 1 amide bonds. The predicted octanol–water partition coefficient (Wildman–Crippen LogP) is 4.46. The molecule has 29 heavy (non-hydrogen) atoms. The van der Waals surface area contributed by atoms with Gasteiger partial charge in [0.2, 0.25) is 0 Å². The third-order valence-electron chi connectivity index (χ3n) is 3.89. The van der Waals surface area contributed by atoms with Crippen molar-refractivity contribution in [2.24, 2.45) is 0 Å². The number of nitrogens with one attached hydrogen (secondary N) is 1. The van der Waals surface area contributed by atoms with Crippen molar-refractivity contribution in [1.82, 2.24) is 0 Å². The monoisotopic (exact) mass is 507 g/mol. The lowest BCUT2D eigenvalue weighted by atomic mass is 10.1. The van der Waals surface area contributed by atoms with E-state index in [1.165, 1.54) is 31.4 Å². The highest BCUT2D eigenvalue weighted by Gasteiger charge is 2.15. The molecule has 150 valence electrons. The van der Waals surface area contributed by atoms with E-state index < -0.39 is 10.8 Å². The van der Waals surface area contributed by atoms with Crippen LogP contribution in [0.5, 0.6) is 11.5 Å². The molecule has 0 atom stereocenters. The SMILES string of the molecule is CCOc1c(I)cc(/C=C(\C#N)C(=O)Nc2ccc([N+](=O)[O-])cc2C)cc1OC.